The average molecular weight is 336 g/mol. The van der Waals surface area contributed by atoms with Gasteiger partial charge in [0.15, 0.2) is 5.78 Å². The quantitative estimate of drug-likeness (QED) is 0.660. The average Bonchev–Trinajstić information content (AvgIpc) is 2.59. The molecule has 0 amide bonds. The van der Waals surface area contributed by atoms with Crippen LogP contribution in [-0.4, -0.2) is 23.6 Å². The Hall–Kier alpha value is -3.01. The Bertz CT molecular complexity index is 858. The Morgan fingerprint density at radius 3 is 2.56 bits per heavy atom. The van der Waals surface area contributed by atoms with Crippen molar-refractivity contribution < 1.29 is 19.4 Å². The number of carbonyl (C=O) groups excluding carboxylic acids is 1. The molecular formula is C21H20O4. The second-order valence-electron chi connectivity index (χ2n) is 6.38. The maximum Gasteiger partial charge on any atom is 0.185 e. The molecule has 0 bridgehead atoms. The van der Waals surface area contributed by atoms with Gasteiger partial charge in [-0.3, -0.25) is 4.79 Å². The Kier molecular flexibility index (Phi) is 4.36. The fourth-order valence-corrected chi connectivity index (χ4v) is 2.69. The maximum absolute atomic E-state index is 12.3. The van der Waals surface area contributed by atoms with Crippen molar-refractivity contribution in [2.24, 2.45) is 0 Å². The smallest absolute Gasteiger partial charge is 0.185 e. The van der Waals surface area contributed by atoms with Crippen LogP contribution in [0.4, 0.5) is 0 Å². The van der Waals surface area contributed by atoms with Crippen molar-refractivity contribution in [1.29, 1.82) is 0 Å². The maximum atomic E-state index is 12.3. The number of ketones is 1. The summed E-state index contributed by atoms with van der Waals surface area (Å²) >= 11 is 0. The summed E-state index contributed by atoms with van der Waals surface area (Å²) in [6.07, 6.45) is 7.18. The van der Waals surface area contributed by atoms with Crippen molar-refractivity contribution in [3.63, 3.8) is 0 Å². The molecule has 0 atom stereocenters. The number of aromatic hydroxyl groups is 1. The molecule has 3 rings (SSSR count). The third-order valence-corrected chi connectivity index (χ3v) is 3.98. The third kappa shape index (κ3) is 3.58. The van der Waals surface area contributed by atoms with Crippen molar-refractivity contribution in [3.8, 4) is 17.2 Å². The summed E-state index contributed by atoms with van der Waals surface area (Å²) in [7, 11) is 1.60. The highest BCUT2D eigenvalue weighted by Crippen LogP contribution is 2.39. The Morgan fingerprint density at radius 2 is 1.88 bits per heavy atom. The van der Waals surface area contributed by atoms with Gasteiger partial charge in [-0.05, 0) is 74.5 Å². The molecule has 0 saturated carbocycles. The van der Waals surface area contributed by atoms with Crippen LogP contribution in [0.5, 0.6) is 17.2 Å². The Labute approximate surface area is 147 Å². The third-order valence-electron chi connectivity index (χ3n) is 3.98. The number of phenols is 1. The van der Waals surface area contributed by atoms with E-state index in [1.54, 1.807) is 25.3 Å². The van der Waals surface area contributed by atoms with Gasteiger partial charge < -0.3 is 14.6 Å². The van der Waals surface area contributed by atoms with Gasteiger partial charge in [-0.15, -0.1) is 0 Å². The second kappa shape index (κ2) is 6.48. The molecule has 0 spiro atoms. The van der Waals surface area contributed by atoms with E-state index in [4.69, 9.17) is 9.47 Å². The van der Waals surface area contributed by atoms with E-state index in [9.17, 15) is 9.90 Å². The molecule has 0 aromatic heterocycles. The Morgan fingerprint density at radius 1 is 1.16 bits per heavy atom. The molecule has 4 nitrogen and oxygen atoms in total. The predicted octanol–water partition coefficient (Wildman–Crippen LogP) is 4.48. The molecule has 1 N–H and O–H groups in total. The van der Waals surface area contributed by atoms with Crippen LogP contribution in [0.25, 0.3) is 12.2 Å². The SMILES string of the molecule is COc1c(/C=C/C(=O)c2ccc(O)cc2)ccc2c1C=CC(C)(C)O2. The number of hydrogen-bond acceptors (Lipinski definition) is 4. The normalized spacial score (nSPS) is 14.8. The van der Waals surface area contributed by atoms with Gasteiger partial charge in [-0.2, -0.15) is 0 Å². The van der Waals surface area contributed by atoms with Crippen LogP contribution in [0.1, 0.15) is 35.3 Å². The van der Waals surface area contributed by atoms with Crippen LogP contribution in [0, 0.1) is 0 Å². The van der Waals surface area contributed by atoms with Gasteiger partial charge in [0.2, 0.25) is 0 Å². The molecule has 1 heterocycles. The van der Waals surface area contributed by atoms with E-state index in [1.807, 2.05) is 38.1 Å². The van der Waals surface area contributed by atoms with Crippen molar-refractivity contribution in [2.45, 2.75) is 19.4 Å². The molecule has 0 radical (unpaired) electrons. The summed E-state index contributed by atoms with van der Waals surface area (Å²) in [6, 6.07) is 9.91. The van der Waals surface area contributed by atoms with E-state index in [-0.39, 0.29) is 17.1 Å². The molecule has 2 aromatic carbocycles. The summed E-state index contributed by atoms with van der Waals surface area (Å²) in [5, 5.41) is 9.30. The van der Waals surface area contributed by atoms with Gasteiger partial charge >= 0.3 is 0 Å². The number of phenolic OH excluding ortho intramolecular Hbond substituents is 1. The molecule has 25 heavy (non-hydrogen) atoms. The lowest BCUT2D eigenvalue weighted by atomic mass is 9.99. The molecule has 0 fully saturated rings. The van der Waals surface area contributed by atoms with Crippen LogP contribution in [0.2, 0.25) is 0 Å². The summed E-state index contributed by atoms with van der Waals surface area (Å²) < 4.78 is 11.5. The largest absolute Gasteiger partial charge is 0.508 e. The fourth-order valence-electron chi connectivity index (χ4n) is 2.69. The lowest BCUT2D eigenvalue weighted by molar-refractivity contribution is 0.104. The van der Waals surface area contributed by atoms with Crippen molar-refractivity contribution in [3.05, 3.63) is 65.2 Å². The van der Waals surface area contributed by atoms with Gasteiger partial charge in [-0.25, -0.2) is 0 Å². The molecule has 2 aromatic rings. The van der Waals surface area contributed by atoms with E-state index in [0.717, 1.165) is 16.9 Å². The number of carbonyl (C=O) groups is 1. The highest BCUT2D eigenvalue weighted by atomic mass is 16.5. The summed E-state index contributed by atoms with van der Waals surface area (Å²) in [4.78, 5) is 12.3. The predicted molar refractivity (Wildman–Crippen MR) is 98.2 cm³/mol. The first-order chi connectivity index (χ1) is 11.9. The first-order valence-electron chi connectivity index (χ1n) is 8.00. The number of hydrogen-bond donors (Lipinski definition) is 1. The summed E-state index contributed by atoms with van der Waals surface area (Å²) in [5.41, 5.74) is 1.81. The highest BCUT2D eigenvalue weighted by Gasteiger charge is 2.24. The molecule has 0 aliphatic carbocycles. The number of methoxy groups -OCH3 is 1. The van der Waals surface area contributed by atoms with Gasteiger partial charge in [0.05, 0.1) is 12.7 Å². The molecule has 128 valence electrons. The van der Waals surface area contributed by atoms with Crippen molar-refractivity contribution in [1.82, 2.24) is 0 Å². The van der Waals surface area contributed by atoms with E-state index < -0.39 is 0 Å². The van der Waals surface area contributed by atoms with E-state index >= 15 is 0 Å². The number of rotatable bonds is 4. The van der Waals surface area contributed by atoms with Crippen LogP contribution < -0.4 is 9.47 Å². The zero-order valence-electron chi connectivity index (χ0n) is 14.4. The monoisotopic (exact) mass is 336 g/mol. The first kappa shape index (κ1) is 16.8. The van der Waals surface area contributed by atoms with Crippen LogP contribution in [-0.2, 0) is 0 Å². The molecule has 0 saturated heterocycles. The minimum absolute atomic E-state index is 0.131. The van der Waals surface area contributed by atoms with E-state index in [1.165, 1.54) is 18.2 Å². The fraction of sp³-hybridized carbons (Fsp3) is 0.190. The van der Waals surface area contributed by atoms with E-state index in [2.05, 4.69) is 0 Å². The zero-order chi connectivity index (χ0) is 18.0. The molecule has 0 unspecified atom stereocenters. The summed E-state index contributed by atoms with van der Waals surface area (Å²) in [5.74, 6) is 1.41. The minimum atomic E-state index is -0.357. The number of fused-ring (bicyclic) bond motifs is 1. The van der Waals surface area contributed by atoms with Gasteiger partial charge in [0.25, 0.3) is 0 Å². The lowest BCUT2D eigenvalue weighted by Gasteiger charge is -2.29. The van der Waals surface area contributed by atoms with E-state index in [0.29, 0.717) is 11.3 Å². The minimum Gasteiger partial charge on any atom is -0.508 e. The van der Waals surface area contributed by atoms with Gasteiger partial charge in [-0.1, -0.05) is 0 Å². The molecule has 4 heteroatoms. The van der Waals surface area contributed by atoms with Crippen LogP contribution in [0.15, 0.2) is 48.6 Å². The number of ether oxygens (including phenoxy) is 2. The molecule has 1 aliphatic heterocycles. The van der Waals surface area contributed by atoms with Crippen LogP contribution >= 0.6 is 0 Å². The number of benzene rings is 2. The first-order valence-corrected chi connectivity index (χ1v) is 8.00. The molecular weight excluding hydrogens is 316 g/mol. The number of allylic oxidation sites excluding steroid dienone is 1. The highest BCUT2D eigenvalue weighted by molar-refractivity contribution is 6.07. The van der Waals surface area contributed by atoms with Crippen molar-refractivity contribution in [2.75, 3.05) is 7.11 Å². The van der Waals surface area contributed by atoms with Gasteiger partial charge in [0.1, 0.15) is 22.8 Å². The van der Waals surface area contributed by atoms with Crippen molar-refractivity contribution >= 4 is 17.9 Å². The summed E-state index contributed by atoms with van der Waals surface area (Å²) in [6.45, 7) is 3.98. The topological polar surface area (TPSA) is 55.8 Å². The second-order valence-corrected chi connectivity index (χ2v) is 6.38. The zero-order valence-corrected chi connectivity index (χ0v) is 14.4. The van der Waals surface area contributed by atoms with Gasteiger partial charge in [0, 0.05) is 11.1 Å². The lowest BCUT2D eigenvalue weighted by Crippen LogP contribution is -2.27. The van der Waals surface area contributed by atoms with Crippen LogP contribution in [0.3, 0.4) is 0 Å². The standard InChI is InChI=1S/C21H20O4/c1-21(2)13-12-17-19(25-21)11-7-15(20(17)24-3)6-10-18(23)14-4-8-16(22)9-5-14/h4-13,22H,1-3H3/b10-6+. The molecule has 1 aliphatic rings. The Balaban J connectivity index is 1.90.